The van der Waals surface area contributed by atoms with Gasteiger partial charge in [0.15, 0.2) is 0 Å². The van der Waals surface area contributed by atoms with Crippen LogP contribution in [0.3, 0.4) is 0 Å². The van der Waals surface area contributed by atoms with Crippen LogP contribution in [0, 0.1) is 0 Å². The van der Waals surface area contributed by atoms with Gasteiger partial charge in [-0.1, -0.05) is 39.5 Å². The minimum atomic E-state index is 0. The van der Waals surface area contributed by atoms with Crippen LogP contribution < -0.4 is 17.0 Å². The normalized spacial score (nSPS) is 11.0. The molecule has 0 fully saturated rings. The van der Waals surface area contributed by atoms with Crippen molar-refractivity contribution in [3.8, 4) is 0 Å². The van der Waals surface area contributed by atoms with Gasteiger partial charge in [-0.25, -0.2) is 0 Å². The second-order valence-electron chi connectivity index (χ2n) is 5.96. The molecule has 0 unspecified atom stereocenters. The Labute approximate surface area is 154 Å². The van der Waals surface area contributed by atoms with Crippen molar-refractivity contribution in [2.45, 2.75) is 0 Å². The van der Waals surface area contributed by atoms with E-state index < -0.39 is 0 Å². The molecule has 0 amide bonds. The topological polar surface area (TPSA) is 0 Å². The number of hydrogen-bond donors (Lipinski definition) is 0. The lowest BCUT2D eigenvalue weighted by Crippen LogP contribution is -3.00. The molecule has 23 heavy (non-hydrogen) atoms. The maximum Gasteiger partial charge on any atom is 0.129 e. The summed E-state index contributed by atoms with van der Waals surface area (Å²) in [6, 6.07) is 0. The van der Waals surface area contributed by atoms with E-state index in [-0.39, 0.29) is 17.0 Å². The summed E-state index contributed by atoms with van der Waals surface area (Å²) in [5, 5.41) is 0. The third-order valence-electron chi connectivity index (χ3n) is 4.15. The molecule has 0 radical (unpaired) electrons. The quantitative estimate of drug-likeness (QED) is 0.290. The maximum absolute atomic E-state index is 3.93. The highest BCUT2D eigenvalue weighted by atomic mass is 79.9. The maximum atomic E-state index is 3.93. The van der Waals surface area contributed by atoms with Gasteiger partial charge in [-0.05, 0) is 36.5 Å². The fourth-order valence-electron chi connectivity index (χ4n) is 3.06. The van der Waals surface area contributed by atoms with E-state index in [9.17, 15) is 0 Å². The van der Waals surface area contributed by atoms with Crippen LogP contribution >= 0.6 is 0 Å². The first-order valence-electron chi connectivity index (χ1n) is 7.93. The molecule has 0 aliphatic carbocycles. The summed E-state index contributed by atoms with van der Waals surface area (Å²) in [6.07, 6.45) is 12.0. The molecule has 0 aliphatic rings. The number of halogens is 1. The van der Waals surface area contributed by atoms with Crippen molar-refractivity contribution < 1.29 is 25.9 Å². The second kappa shape index (κ2) is 13.3. The van der Waals surface area contributed by atoms with Crippen molar-refractivity contribution in [3.63, 3.8) is 0 Å². The number of nitrogens with zero attached hydrogens (tertiary/aromatic N) is 2. The Balaban J connectivity index is 0. The van der Waals surface area contributed by atoms with Gasteiger partial charge in [0, 0.05) is 0 Å². The Kier molecular flexibility index (Phi) is 13.9. The zero-order chi connectivity index (χ0) is 16.9. The van der Waals surface area contributed by atoms with Crippen LogP contribution in [0.1, 0.15) is 0 Å². The lowest BCUT2D eigenvalue weighted by atomic mass is 10.2. The van der Waals surface area contributed by atoms with Crippen LogP contribution in [-0.2, 0) is 0 Å². The monoisotopic (exact) mass is 381 g/mol. The van der Waals surface area contributed by atoms with E-state index in [0.717, 1.165) is 61.3 Å². The first-order chi connectivity index (χ1) is 10.6. The molecule has 2 nitrogen and oxygen atoms in total. The van der Waals surface area contributed by atoms with Crippen LogP contribution in [-0.4, -0.2) is 61.3 Å². The van der Waals surface area contributed by atoms with E-state index in [1.807, 2.05) is 36.5 Å². The highest BCUT2D eigenvalue weighted by Crippen LogP contribution is 2.14. The van der Waals surface area contributed by atoms with E-state index in [1.165, 1.54) is 0 Å². The summed E-state index contributed by atoms with van der Waals surface area (Å²) < 4.78 is 1.84. The van der Waals surface area contributed by atoms with Gasteiger partial charge in [-0.2, -0.15) is 0 Å². The Bertz CT molecular complexity index is 307. The summed E-state index contributed by atoms with van der Waals surface area (Å²) in [6.45, 7) is 31.2. The van der Waals surface area contributed by atoms with E-state index in [1.54, 1.807) is 0 Å². The molecule has 0 heterocycles. The zero-order valence-corrected chi connectivity index (χ0v) is 16.2. The van der Waals surface area contributed by atoms with Gasteiger partial charge < -0.3 is 25.9 Å². The molecule has 0 aromatic carbocycles. The Morgan fingerprint density at radius 2 is 0.609 bits per heavy atom. The average Bonchev–Trinajstić information content (AvgIpc) is 2.47. The Morgan fingerprint density at radius 3 is 0.739 bits per heavy atom. The Hall–Kier alpha value is -1.16. The molecular weight excluding hydrogens is 348 g/mol. The first kappa shape index (κ1) is 24.1. The third kappa shape index (κ3) is 8.31. The molecule has 0 spiro atoms. The average molecular weight is 382 g/mol. The molecule has 0 rings (SSSR count). The second-order valence-corrected chi connectivity index (χ2v) is 5.96. The van der Waals surface area contributed by atoms with Crippen molar-refractivity contribution in [1.82, 2.24) is 0 Å². The van der Waals surface area contributed by atoms with Crippen LogP contribution in [0.2, 0.25) is 0 Å². The zero-order valence-electron chi connectivity index (χ0n) is 14.6. The van der Waals surface area contributed by atoms with E-state index in [4.69, 9.17) is 0 Å². The molecule has 0 aromatic heterocycles. The first-order valence-corrected chi connectivity index (χ1v) is 7.93. The molecule has 0 saturated carbocycles. The van der Waals surface area contributed by atoms with Gasteiger partial charge in [-0.3, -0.25) is 0 Å². The van der Waals surface area contributed by atoms with Crippen LogP contribution in [0.25, 0.3) is 0 Å². The SMILES string of the molecule is C=CC[N+](CC=C)(CC=C)CC[N+](CC=C)(CC=C)CC=C.[Br-]. The minimum Gasteiger partial charge on any atom is -1.00 e. The van der Waals surface area contributed by atoms with Gasteiger partial charge >= 0.3 is 0 Å². The van der Waals surface area contributed by atoms with Gasteiger partial charge in [0.2, 0.25) is 0 Å². The van der Waals surface area contributed by atoms with Crippen LogP contribution in [0.5, 0.6) is 0 Å². The van der Waals surface area contributed by atoms with Crippen molar-refractivity contribution in [3.05, 3.63) is 75.9 Å². The number of quaternary nitrogens is 2. The highest BCUT2D eigenvalue weighted by molar-refractivity contribution is 4.79. The summed E-state index contributed by atoms with van der Waals surface area (Å²) >= 11 is 0. The van der Waals surface area contributed by atoms with Crippen molar-refractivity contribution in [2.24, 2.45) is 0 Å². The molecule has 0 saturated heterocycles. The van der Waals surface area contributed by atoms with Crippen LogP contribution in [0.15, 0.2) is 75.9 Å². The van der Waals surface area contributed by atoms with Crippen LogP contribution in [0.4, 0.5) is 0 Å². The minimum absolute atomic E-state index is 0. The fourth-order valence-corrected chi connectivity index (χ4v) is 3.06. The molecule has 0 aromatic rings. The molecule has 0 bridgehead atoms. The summed E-state index contributed by atoms with van der Waals surface area (Å²) in [5.74, 6) is 0. The highest BCUT2D eigenvalue weighted by Gasteiger charge is 2.30. The Morgan fingerprint density at radius 1 is 0.435 bits per heavy atom. The van der Waals surface area contributed by atoms with Gasteiger partial charge in [0.25, 0.3) is 0 Å². The molecule has 0 N–H and O–H groups in total. The number of rotatable bonds is 15. The van der Waals surface area contributed by atoms with Gasteiger partial charge in [0.1, 0.15) is 13.1 Å². The molecule has 0 aliphatic heterocycles. The van der Waals surface area contributed by atoms with Crippen molar-refractivity contribution in [1.29, 1.82) is 0 Å². The summed E-state index contributed by atoms with van der Waals surface area (Å²) in [5.41, 5.74) is 0. The van der Waals surface area contributed by atoms with E-state index >= 15 is 0 Å². The molecular formula is C20H34BrN2+. The third-order valence-corrected chi connectivity index (χ3v) is 4.15. The smallest absolute Gasteiger partial charge is 0.129 e. The molecule has 0 atom stereocenters. The van der Waals surface area contributed by atoms with Crippen molar-refractivity contribution >= 4 is 0 Å². The predicted molar refractivity (Wildman–Crippen MR) is 101 cm³/mol. The number of hydrogen-bond acceptors (Lipinski definition) is 0. The standard InChI is InChI=1S/C20H34N2.BrH/c1-7-13-21(14-8-2,15-9-3)19-20-22(16-10-4,17-11-5)18-12-6;/h7-12H,1-6,13-20H2;1H/q+2;/p-1. The largest absolute Gasteiger partial charge is 1.00 e. The van der Waals surface area contributed by atoms with E-state index in [2.05, 4.69) is 39.5 Å². The molecule has 3 heteroatoms. The summed E-state index contributed by atoms with van der Waals surface area (Å²) in [4.78, 5) is 0. The predicted octanol–water partition coefficient (Wildman–Crippen LogP) is 0.740. The molecule has 130 valence electrons. The fraction of sp³-hybridized carbons (Fsp3) is 0.400. The summed E-state index contributed by atoms with van der Waals surface area (Å²) in [7, 11) is 0. The van der Waals surface area contributed by atoms with Gasteiger partial charge in [0.05, 0.1) is 39.3 Å². The lowest BCUT2D eigenvalue weighted by Gasteiger charge is -2.42. The lowest BCUT2D eigenvalue weighted by molar-refractivity contribution is -0.966. The van der Waals surface area contributed by atoms with Gasteiger partial charge in [-0.15, -0.1) is 0 Å². The van der Waals surface area contributed by atoms with E-state index in [0.29, 0.717) is 0 Å². The van der Waals surface area contributed by atoms with Crippen molar-refractivity contribution in [2.75, 3.05) is 52.4 Å².